The Balaban J connectivity index is 1.73. The van der Waals surface area contributed by atoms with Crippen LogP contribution in [0.4, 0.5) is 14.5 Å². The van der Waals surface area contributed by atoms with Crippen LogP contribution in [0, 0.1) is 11.6 Å². The number of rotatable bonds is 3. The molecule has 150 valence electrons. The van der Waals surface area contributed by atoms with E-state index in [1.54, 1.807) is 29.2 Å². The van der Waals surface area contributed by atoms with Crippen LogP contribution in [0.2, 0.25) is 5.02 Å². The first-order valence-corrected chi connectivity index (χ1v) is 9.18. The van der Waals surface area contributed by atoms with Crippen molar-refractivity contribution in [2.75, 3.05) is 31.6 Å². The quantitative estimate of drug-likeness (QED) is 0.648. The lowest BCUT2D eigenvalue weighted by molar-refractivity contribution is 0.0285. The van der Waals surface area contributed by atoms with Gasteiger partial charge in [0, 0.05) is 18.5 Å². The molecule has 2 aromatic carbocycles. The monoisotopic (exact) mass is 420 g/mol. The summed E-state index contributed by atoms with van der Waals surface area (Å²) in [5.41, 5.74) is 0.277. The highest BCUT2D eigenvalue weighted by Crippen LogP contribution is 2.33. The second-order valence-electron chi connectivity index (χ2n) is 6.41. The summed E-state index contributed by atoms with van der Waals surface area (Å²) in [6, 6.07) is 8.22. The van der Waals surface area contributed by atoms with Crippen LogP contribution in [0.15, 0.2) is 40.8 Å². The maximum Gasteiger partial charge on any atom is 0.291 e. The molecule has 0 bridgehead atoms. The third-order valence-electron chi connectivity index (χ3n) is 4.58. The summed E-state index contributed by atoms with van der Waals surface area (Å²) in [6.07, 6.45) is 0. The molecule has 0 saturated carbocycles. The van der Waals surface area contributed by atoms with Crippen molar-refractivity contribution in [3.8, 4) is 0 Å². The summed E-state index contributed by atoms with van der Waals surface area (Å²) in [5.74, 6) is -3.63. The van der Waals surface area contributed by atoms with Crippen molar-refractivity contribution in [2.45, 2.75) is 0 Å². The zero-order valence-electron chi connectivity index (χ0n) is 15.0. The van der Waals surface area contributed by atoms with Gasteiger partial charge in [-0.2, -0.15) is 0 Å². The highest BCUT2D eigenvalue weighted by Gasteiger charge is 2.28. The molecule has 2 amide bonds. The average Bonchev–Trinajstić information content (AvgIpc) is 3.09. The van der Waals surface area contributed by atoms with Gasteiger partial charge in [0.15, 0.2) is 11.6 Å². The van der Waals surface area contributed by atoms with E-state index in [1.165, 1.54) is 0 Å². The summed E-state index contributed by atoms with van der Waals surface area (Å²) in [7, 11) is 0. The van der Waals surface area contributed by atoms with E-state index in [4.69, 9.17) is 20.8 Å². The van der Waals surface area contributed by atoms with Crippen molar-refractivity contribution in [1.82, 2.24) is 4.90 Å². The van der Waals surface area contributed by atoms with Crippen LogP contribution >= 0.6 is 11.6 Å². The molecule has 6 nitrogen and oxygen atoms in total. The molecule has 3 aromatic rings. The molecule has 0 spiro atoms. The first kappa shape index (κ1) is 19.4. The average molecular weight is 421 g/mol. The van der Waals surface area contributed by atoms with Gasteiger partial charge in [-0.05, 0) is 24.3 Å². The normalized spacial score (nSPS) is 14.2. The number of para-hydroxylation sites is 1. The summed E-state index contributed by atoms with van der Waals surface area (Å²) in [4.78, 5) is 27.2. The molecular formula is C20H15ClF2N2O4. The van der Waals surface area contributed by atoms with Gasteiger partial charge in [-0.3, -0.25) is 9.59 Å². The van der Waals surface area contributed by atoms with E-state index < -0.39 is 23.4 Å². The van der Waals surface area contributed by atoms with E-state index in [9.17, 15) is 18.4 Å². The molecule has 1 aromatic heterocycles. The number of furan rings is 1. The first-order valence-electron chi connectivity index (χ1n) is 8.80. The minimum Gasteiger partial charge on any atom is -0.449 e. The molecule has 1 fully saturated rings. The Labute approximate surface area is 169 Å². The number of amides is 2. The number of carbonyl (C=O) groups is 2. The van der Waals surface area contributed by atoms with E-state index >= 15 is 0 Å². The number of halogens is 3. The molecule has 1 N–H and O–H groups in total. The van der Waals surface area contributed by atoms with E-state index in [-0.39, 0.29) is 22.0 Å². The van der Waals surface area contributed by atoms with Gasteiger partial charge >= 0.3 is 0 Å². The van der Waals surface area contributed by atoms with Crippen molar-refractivity contribution < 1.29 is 27.5 Å². The Morgan fingerprint density at radius 2 is 1.76 bits per heavy atom. The predicted octanol–water partition coefficient (Wildman–Crippen LogP) is 4.09. The Morgan fingerprint density at radius 1 is 1.07 bits per heavy atom. The predicted molar refractivity (Wildman–Crippen MR) is 102 cm³/mol. The van der Waals surface area contributed by atoms with Gasteiger partial charge in [0.1, 0.15) is 11.3 Å². The lowest BCUT2D eigenvalue weighted by atomic mass is 10.1. The molecule has 0 radical (unpaired) electrons. The zero-order chi connectivity index (χ0) is 20.5. The second-order valence-corrected chi connectivity index (χ2v) is 6.81. The fraction of sp³-hybridized carbons (Fsp3) is 0.200. The van der Waals surface area contributed by atoms with Crippen LogP contribution in [0.3, 0.4) is 0 Å². The minimum absolute atomic E-state index is 0.0554. The maximum atomic E-state index is 13.6. The number of hydrogen-bond donors (Lipinski definition) is 1. The minimum atomic E-state index is -1.21. The number of morpholine rings is 1. The topological polar surface area (TPSA) is 71.8 Å². The fourth-order valence-corrected chi connectivity index (χ4v) is 3.34. The van der Waals surface area contributed by atoms with Crippen molar-refractivity contribution in [3.05, 3.63) is 64.4 Å². The molecule has 0 aliphatic carbocycles. The van der Waals surface area contributed by atoms with Crippen molar-refractivity contribution >= 4 is 40.1 Å². The van der Waals surface area contributed by atoms with Crippen molar-refractivity contribution in [3.63, 3.8) is 0 Å². The first-order chi connectivity index (χ1) is 14.0. The zero-order valence-corrected chi connectivity index (χ0v) is 15.8. The summed E-state index contributed by atoms with van der Waals surface area (Å²) < 4.78 is 37.9. The number of nitrogens with zero attached hydrogens (tertiary/aromatic N) is 1. The number of benzene rings is 2. The van der Waals surface area contributed by atoms with Crippen LogP contribution in [0.5, 0.6) is 0 Å². The van der Waals surface area contributed by atoms with E-state index in [0.29, 0.717) is 43.3 Å². The Bertz CT molecular complexity index is 1110. The van der Waals surface area contributed by atoms with Crippen LogP contribution in [0.1, 0.15) is 20.9 Å². The molecule has 2 heterocycles. The summed E-state index contributed by atoms with van der Waals surface area (Å²) >= 11 is 5.90. The molecule has 1 saturated heterocycles. The number of hydrogen-bond acceptors (Lipinski definition) is 4. The molecule has 1 aliphatic heterocycles. The smallest absolute Gasteiger partial charge is 0.291 e. The van der Waals surface area contributed by atoms with Gasteiger partial charge in [-0.15, -0.1) is 0 Å². The summed E-state index contributed by atoms with van der Waals surface area (Å²) in [5, 5.41) is 2.81. The van der Waals surface area contributed by atoms with Crippen LogP contribution < -0.4 is 5.32 Å². The SMILES string of the molecule is O=C(Nc1c(C(=O)N2CCOCC2)oc2ccccc12)c1cc(F)c(F)cc1Cl. The van der Waals surface area contributed by atoms with Crippen LogP contribution in [-0.2, 0) is 4.74 Å². The largest absolute Gasteiger partial charge is 0.449 e. The fourth-order valence-electron chi connectivity index (χ4n) is 3.11. The van der Waals surface area contributed by atoms with Gasteiger partial charge in [-0.1, -0.05) is 23.7 Å². The molecule has 29 heavy (non-hydrogen) atoms. The number of ether oxygens (including phenoxy) is 1. The van der Waals surface area contributed by atoms with E-state index in [0.717, 1.165) is 6.07 Å². The number of nitrogens with one attached hydrogen (secondary N) is 1. The number of anilines is 1. The van der Waals surface area contributed by atoms with E-state index in [2.05, 4.69) is 5.32 Å². The standard InChI is InChI=1S/C20H15ClF2N2O4/c21-13-10-15(23)14(22)9-12(13)19(26)24-17-11-3-1-2-4-16(11)29-18(17)20(27)25-5-7-28-8-6-25/h1-4,9-10H,5-8H2,(H,24,26). The second kappa shape index (κ2) is 7.81. The molecule has 4 rings (SSSR count). The van der Waals surface area contributed by atoms with Crippen molar-refractivity contribution in [1.29, 1.82) is 0 Å². The molecule has 0 unspecified atom stereocenters. The highest BCUT2D eigenvalue weighted by atomic mass is 35.5. The highest BCUT2D eigenvalue weighted by molar-refractivity contribution is 6.34. The number of fused-ring (bicyclic) bond motifs is 1. The molecule has 0 atom stereocenters. The van der Waals surface area contributed by atoms with Gasteiger partial charge in [-0.25, -0.2) is 8.78 Å². The lowest BCUT2D eigenvalue weighted by Crippen LogP contribution is -2.40. The van der Waals surface area contributed by atoms with Crippen molar-refractivity contribution in [2.24, 2.45) is 0 Å². The Morgan fingerprint density at radius 3 is 2.52 bits per heavy atom. The molecular weight excluding hydrogens is 406 g/mol. The molecule has 9 heteroatoms. The van der Waals surface area contributed by atoms with Gasteiger partial charge < -0.3 is 19.4 Å². The Hall–Kier alpha value is -2.97. The van der Waals surface area contributed by atoms with E-state index in [1.807, 2.05) is 0 Å². The lowest BCUT2D eigenvalue weighted by Gasteiger charge is -2.26. The van der Waals surface area contributed by atoms with Gasteiger partial charge in [0.05, 0.1) is 23.8 Å². The van der Waals surface area contributed by atoms with Gasteiger partial charge in [0.25, 0.3) is 11.8 Å². The van der Waals surface area contributed by atoms with Crippen LogP contribution in [0.25, 0.3) is 11.0 Å². The molecule has 1 aliphatic rings. The summed E-state index contributed by atoms with van der Waals surface area (Å²) in [6.45, 7) is 1.58. The third-order valence-corrected chi connectivity index (χ3v) is 4.89. The third kappa shape index (κ3) is 3.68. The van der Waals surface area contributed by atoms with Crippen LogP contribution in [-0.4, -0.2) is 43.0 Å². The number of carbonyl (C=O) groups excluding carboxylic acids is 2. The maximum absolute atomic E-state index is 13.6. The Kier molecular flexibility index (Phi) is 5.21. The van der Waals surface area contributed by atoms with Gasteiger partial charge in [0.2, 0.25) is 5.76 Å².